The fraction of sp³-hybridized carbons (Fsp3) is 0.200. The van der Waals surface area contributed by atoms with Gasteiger partial charge in [0.1, 0.15) is 11.5 Å². The van der Waals surface area contributed by atoms with Crippen molar-refractivity contribution in [2.45, 2.75) is 18.9 Å². The van der Waals surface area contributed by atoms with Gasteiger partial charge in [0.2, 0.25) is 0 Å². The van der Waals surface area contributed by atoms with Crippen molar-refractivity contribution >= 4 is 17.6 Å². The molecule has 1 heterocycles. The van der Waals surface area contributed by atoms with Gasteiger partial charge in [0.15, 0.2) is 0 Å². The molecule has 21 heavy (non-hydrogen) atoms. The van der Waals surface area contributed by atoms with Crippen LogP contribution < -0.4 is 5.32 Å². The number of para-hydroxylation sites is 1. The molecular formula is C15H13FN2O3. The summed E-state index contributed by atoms with van der Waals surface area (Å²) in [5.41, 5.74) is -0.177. The van der Waals surface area contributed by atoms with E-state index in [9.17, 15) is 14.0 Å². The Labute approximate surface area is 120 Å². The zero-order chi connectivity index (χ0) is 15.0. The third-order valence-electron chi connectivity index (χ3n) is 3.43. The number of carboxylic acids is 1. The van der Waals surface area contributed by atoms with Gasteiger partial charge in [-0.3, -0.25) is 4.79 Å². The van der Waals surface area contributed by atoms with Gasteiger partial charge in [0, 0.05) is 12.2 Å². The van der Waals surface area contributed by atoms with Crippen LogP contribution in [0.2, 0.25) is 0 Å². The van der Waals surface area contributed by atoms with Gasteiger partial charge in [-0.2, -0.15) is 0 Å². The Balaban J connectivity index is 1.91. The molecule has 1 aromatic heterocycles. The number of aromatic nitrogens is 1. The van der Waals surface area contributed by atoms with Gasteiger partial charge in [-0.1, -0.05) is 6.07 Å². The predicted molar refractivity (Wildman–Crippen MR) is 74.0 cm³/mol. The van der Waals surface area contributed by atoms with E-state index in [4.69, 9.17) is 5.11 Å². The summed E-state index contributed by atoms with van der Waals surface area (Å²) in [4.78, 5) is 23.4. The van der Waals surface area contributed by atoms with Crippen LogP contribution in [0, 0.1) is 5.82 Å². The summed E-state index contributed by atoms with van der Waals surface area (Å²) in [6.45, 7) is 0. The van der Waals surface area contributed by atoms with E-state index in [1.807, 2.05) is 4.57 Å². The first-order valence-corrected chi connectivity index (χ1v) is 6.58. The van der Waals surface area contributed by atoms with Crippen molar-refractivity contribution < 1.29 is 19.1 Å². The maximum absolute atomic E-state index is 13.8. The van der Waals surface area contributed by atoms with Crippen molar-refractivity contribution in [3.8, 4) is 0 Å². The lowest BCUT2D eigenvalue weighted by molar-refractivity contribution is 0.0697. The van der Waals surface area contributed by atoms with Crippen LogP contribution in [0.3, 0.4) is 0 Å². The summed E-state index contributed by atoms with van der Waals surface area (Å²) in [5, 5.41) is 11.4. The van der Waals surface area contributed by atoms with E-state index in [0.717, 1.165) is 18.9 Å². The topological polar surface area (TPSA) is 71.3 Å². The minimum absolute atomic E-state index is 0.270. The van der Waals surface area contributed by atoms with Gasteiger partial charge in [-0.15, -0.1) is 0 Å². The van der Waals surface area contributed by atoms with Crippen LogP contribution in [-0.4, -0.2) is 21.6 Å². The Bertz CT molecular complexity index is 719. The second-order valence-corrected chi connectivity index (χ2v) is 4.95. The van der Waals surface area contributed by atoms with Crippen LogP contribution in [0.15, 0.2) is 36.5 Å². The van der Waals surface area contributed by atoms with Gasteiger partial charge in [-0.25, -0.2) is 9.18 Å². The highest BCUT2D eigenvalue weighted by Gasteiger charge is 2.27. The number of hydrogen-bond donors (Lipinski definition) is 2. The van der Waals surface area contributed by atoms with E-state index in [-0.39, 0.29) is 11.3 Å². The van der Waals surface area contributed by atoms with Crippen LogP contribution in [0.5, 0.6) is 0 Å². The smallest absolute Gasteiger partial charge is 0.337 e. The van der Waals surface area contributed by atoms with Crippen LogP contribution in [0.1, 0.15) is 39.7 Å². The van der Waals surface area contributed by atoms with E-state index >= 15 is 0 Å². The number of hydrogen-bond acceptors (Lipinski definition) is 2. The molecule has 0 aliphatic heterocycles. The highest BCUT2D eigenvalue weighted by atomic mass is 19.1. The average Bonchev–Trinajstić information content (AvgIpc) is 3.17. The Kier molecular flexibility index (Phi) is 3.21. The Morgan fingerprint density at radius 1 is 1.24 bits per heavy atom. The monoisotopic (exact) mass is 288 g/mol. The van der Waals surface area contributed by atoms with E-state index in [2.05, 4.69) is 5.32 Å². The fourth-order valence-corrected chi connectivity index (χ4v) is 2.26. The molecule has 0 bridgehead atoms. The highest BCUT2D eigenvalue weighted by Crippen LogP contribution is 2.36. The number of carbonyl (C=O) groups excluding carboxylic acids is 1. The third-order valence-corrected chi connectivity index (χ3v) is 3.43. The number of aromatic carboxylic acids is 1. The van der Waals surface area contributed by atoms with E-state index in [1.165, 1.54) is 12.1 Å². The standard InChI is InChI=1S/C15H13FN2O3/c16-11-4-1-3-10(15(20)21)13(11)17-14(19)12-5-2-8-18(12)9-6-7-9/h1-5,8-9H,6-7H2,(H,17,19)(H,20,21). The number of halogens is 1. The number of anilines is 1. The number of carboxylic acid groups (broad SMARTS) is 1. The summed E-state index contributed by atoms with van der Waals surface area (Å²) in [5.74, 6) is -2.57. The van der Waals surface area contributed by atoms with Gasteiger partial charge in [0.05, 0.1) is 11.3 Å². The molecule has 2 N–H and O–H groups in total. The number of carbonyl (C=O) groups is 2. The fourth-order valence-electron chi connectivity index (χ4n) is 2.26. The van der Waals surface area contributed by atoms with Gasteiger partial charge >= 0.3 is 5.97 Å². The lowest BCUT2D eigenvalue weighted by Gasteiger charge is -2.11. The van der Waals surface area contributed by atoms with Crippen molar-refractivity contribution in [2.24, 2.45) is 0 Å². The third kappa shape index (κ3) is 2.52. The van der Waals surface area contributed by atoms with Crippen molar-refractivity contribution in [2.75, 3.05) is 5.32 Å². The molecule has 6 heteroatoms. The molecule has 0 unspecified atom stereocenters. The summed E-state index contributed by atoms with van der Waals surface area (Å²) in [7, 11) is 0. The molecule has 1 aromatic carbocycles. The van der Waals surface area contributed by atoms with Crippen LogP contribution in [-0.2, 0) is 0 Å². The van der Waals surface area contributed by atoms with Crippen molar-refractivity contribution in [1.29, 1.82) is 0 Å². The second-order valence-electron chi connectivity index (χ2n) is 4.95. The maximum atomic E-state index is 13.8. The van der Waals surface area contributed by atoms with E-state index in [1.54, 1.807) is 18.3 Å². The molecule has 1 aliphatic rings. The summed E-state index contributed by atoms with van der Waals surface area (Å²) in [6.07, 6.45) is 3.82. The second kappa shape index (κ2) is 5.05. The number of nitrogens with zero attached hydrogens (tertiary/aromatic N) is 1. The van der Waals surface area contributed by atoms with Crippen LogP contribution in [0.4, 0.5) is 10.1 Å². The average molecular weight is 288 g/mol. The molecule has 0 atom stereocenters. The number of nitrogens with one attached hydrogen (secondary N) is 1. The van der Waals surface area contributed by atoms with Crippen molar-refractivity contribution in [3.05, 3.63) is 53.6 Å². The SMILES string of the molecule is O=C(O)c1cccc(F)c1NC(=O)c1cccn1C1CC1. The van der Waals surface area contributed by atoms with E-state index < -0.39 is 17.7 Å². The summed E-state index contributed by atoms with van der Waals surface area (Å²) in [6, 6.07) is 7.34. The minimum atomic E-state index is -1.29. The van der Waals surface area contributed by atoms with Crippen LogP contribution in [0.25, 0.3) is 0 Å². The Morgan fingerprint density at radius 3 is 2.67 bits per heavy atom. The lowest BCUT2D eigenvalue weighted by Crippen LogP contribution is -2.19. The molecule has 0 radical (unpaired) electrons. The Morgan fingerprint density at radius 2 is 2.00 bits per heavy atom. The number of benzene rings is 1. The molecule has 1 fully saturated rings. The van der Waals surface area contributed by atoms with Gasteiger partial charge < -0.3 is 15.0 Å². The largest absolute Gasteiger partial charge is 0.478 e. The number of amides is 1. The van der Waals surface area contributed by atoms with Crippen molar-refractivity contribution in [3.63, 3.8) is 0 Å². The van der Waals surface area contributed by atoms with Crippen LogP contribution >= 0.6 is 0 Å². The molecule has 1 saturated carbocycles. The van der Waals surface area contributed by atoms with Gasteiger partial charge in [0.25, 0.3) is 5.91 Å². The van der Waals surface area contributed by atoms with Crippen molar-refractivity contribution in [1.82, 2.24) is 4.57 Å². The molecule has 5 nitrogen and oxygen atoms in total. The van der Waals surface area contributed by atoms with Gasteiger partial charge in [-0.05, 0) is 37.1 Å². The molecule has 3 rings (SSSR count). The lowest BCUT2D eigenvalue weighted by atomic mass is 10.1. The molecular weight excluding hydrogens is 275 g/mol. The molecule has 1 aliphatic carbocycles. The zero-order valence-electron chi connectivity index (χ0n) is 11.0. The quantitative estimate of drug-likeness (QED) is 0.908. The highest BCUT2D eigenvalue weighted by molar-refractivity contribution is 6.07. The first-order valence-electron chi connectivity index (χ1n) is 6.58. The predicted octanol–water partition coefficient (Wildman–Crippen LogP) is 2.91. The minimum Gasteiger partial charge on any atom is -0.478 e. The van der Waals surface area contributed by atoms with E-state index in [0.29, 0.717) is 11.7 Å². The molecule has 0 saturated heterocycles. The number of rotatable bonds is 4. The summed E-state index contributed by atoms with van der Waals surface area (Å²) < 4.78 is 15.6. The zero-order valence-corrected chi connectivity index (χ0v) is 11.0. The maximum Gasteiger partial charge on any atom is 0.337 e. The normalized spacial score (nSPS) is 14.0. The molecule has 2 aromatic rings. The molecule has 108 valence electrons. The molecule has 1 amide bonds. The summed E-state index contributed by atoms with van der Waals surface area (Å²) >= 11 is 0. The Hall–Kier alpha value is -2.63. The molecule has 0 spiro atoms. The first kappa shape index (κ1) is 13.4. The first-order chi connectivity index (χ1) is 10.1.